The summed E-state index contributed by atoms with van der Waals surface area (Å²) in [5.74, 6) is 0.184. The van der Waals surface area contributed by atoms with Crippen molar-refractivity contribution in [1.82, 2.24) is 0 Å². The van der Waals surface area contributed by atoms with E-state index in [1.165, 1.54) is 0 Å². The molecule has 3 atom stereocenters. The minimum Gasteiger partial charge on any atom is -0.508 e. The van der Waals surface area contributed by atoms with E-state index in [0.29, 0.717) is 12.8 Å². The highest BCUT2D eigenvalue weighted by Crippen LogP contribution is 2.40. The SMILES string of the molecule is Oc1cccc([C@H]2C[C@@H](F)C[C@@H](c3ccccc3)O2)c1. The van der Waals surface area contributed by atoms with Crippen LogP contribution < -0.4 is 0 Å². The number of benzene rings is 2. The van der Waals surface area contributed by atoms with Gasteiger partial charge in [0.2, 0.25) is 0 Å². The van der Waals surface area contributed by atoms with Crippen molar-refractivity contribution in [3.05, 3.63) is 65.7 Å². The van der Waals surface area contributed by atoms with Crippen molar-refractivity contribution < 1.29 is 14.2 Å². The summed E-state index contributed by atoms with van der Waals surface area (Å²) < 4.78 is 20.0. The van der Waals surface area contributed by atoms with Gasteiger partial charge in [-0.1, -0.05) is 42.5 Å². The third-order valence-corrected chi connectivity index (χ3v) is 3.68. The van der Waals surface area contributed by atoms with Crippen LogP contribution in [0.3, 0.4) is 0 Å². The Balaban J connectivity index is 1.83. The first-order valence-electron chi connectivity index (χ1n) is 6.86. The number of phenols is 1. The van der Waals surface area contributed by atoms with Crippen LogP contribution in [0.15, 0.2) is 54.6 Å². The summed E-state index contributed by atoms with van der Waals surface area (Å²) in [6, 6.07) is 16.6. The molecule has 0 saturated carbocycles. The zero-order chi connectivity index (χ0) is 13.9. The molecule has 0 amide bonds. The van der Waals surface area contributed by atoms with Crippen molar-refractivity contribution in [3.8, 4) is 5.75 Å². The molecule has 1 fully saturated rings. The fourth-order valence-electron chi connectivity index (χ4n) is 2.69. The number of ether oxygens (including phenoxy) is 1. The molecule has 0 radical (unpaired) electrons. The normalized spacial score (nSPS) is 26.4. The molecule has 2 aromatic rings. The lowest BCUT2D eigenvalue weighted by Crippen LogP contribution is -2.24. The summed E-state index contributed by atoms with van der Waals surface area (Å²) >= 11 is 0. The largest absolute Gasteiger partial charge is 0.508 e. The van der Waals surface area contributed by atoms with E-state index in [-0.39, 0.29) is 18.0 Å². The van der Waals surface area contributed by atoms with E-state index in [1.807, 2.05) is 36.4 Å². The fraction of sp³-hybridized carbons (Fsp3) is 0.294. The van der Waals surface area contributed by atoms with Gasteiger partial charge in [0.05, 0.1) is 12.2 Å². The van der Waals surface area contributed by atoms with Gasteiger partial charge in [-0.3, -0.25) is 0 Å². The van der Waals surface area contributed by atoms with Crippen LogP contribution in [-0.4, -0.2) is 11.3 Å². The van der Waals surface area contributed by atoms with Crippen LogP contribution in [0.2, 0.25) is 0 Å². The van der Waals surface area contributed by atoms with Gasteiger partial charge < -0.3 is 9.84 Å². The Kier molecular flexibility index (Phi) is 3.70. The van der Waals surface area contributed by atoms with E-state index in [9.17, 15) is 9.50 Å². The molecule has 3 heteroatoms. The lowest BCUT2D eigenvalue weighted by Gasteiger charge is -2.32. The second kappa shape index (κ2) is 5.63. The molecule has 20 heavy (non-hydrogen) atoms. The van der Waals surface area contributed by atoms with E-state index < -0.39 is 6.17 Å². The van der Waals surface area contributed by atoms with Crippen molar-refractivity contribution in [3.63, 3.8) is 0 Å². The van der Waals surface area contributed by atoms with Gasteiger partial charge in [0.25, 0.3) is 0 Å². The van der Waals surface area contributed by atoms with Gasteiger partial charge in [0.1, 0.15) is 11.9 Å². The molecular weight excluding hydrogens is 255 g/mol. The topological polar surface area (TPSA) is 29.5 Å². The van der Waals surface area contributed by atoms with Gasteiger partial charge in [-0.05, 0) is 23.3 Å². The highest BCUT2D eigenvalue weighted by atomic mass is 19.1. The van der Waals surface area contributed by atoms with Crippen molar-refractivity contribution in [2.24, 2.45) is 0 Å². The van der Waals surface area contributed by atoms with Crippen LogP contribution in [0.4, 0.5) is 4.39 Å². The summed E-state index contributed by atoms with van der Waals surface area (Å²) in [4.78, 5) is 0. The van der Waals surface area contributed by atoms with E-state index in [2.05, 4.69) is 0 Å². The first-order chi connectivity index (χ1) is 9.72. The molecular formula is C17H17FO2. The van der Waals surface area contributed by atoms with Crippen molar-refractivity contribution in [2.75, 3.05) is 0 Å². The van der Waals surface area contributed by atoms with Gasteiger partial charge in [-0.25, -0.2) is 4.39 Å². The Labute approximate surface area is 117 Å². The number of hydrogen-bond acceptors (Lipinski definition) is 2. The van der Waals surface area contributed by atoms with Gasteiger partial charge in [-0.2, -0.15) is 0 Å². The van der Waals surface area contributed by atoms with Crippen molar-refractivity contribution in [1.29, 1.82) is 0 Å². The monoisotopic (exact) mass is 272 g/mol. The van der Waals surface area contributed by atoms with Crippen LogP contribution in [0, 0.1) is 0 Å². The number of phenolic OH excluding ortho intramolecular Hbond substituents is 1. The molecule has 1 saturated heterocycles. The fourth-order valence-corrected chi connectivity index (χ4v) is 2.69. The molecule has 2 nitrogen and oxygen atoms in total. The van der Waals surface area contributed by atoms with Crippen LogP contribution in [0.5, 0.6) is 5.75 Å². The molecule has 1 aliphatic rings. The maximum atomic E-state index is 14.0. The van der Waals surface area contributed by atoms with Gasteiger partial charge >= 0.3 is 0 Å². The van der Waals surface area contributed by atoms with E-state index in [4.69, 9.17) is 4.74 Å². The van der Waals surface area contributed by atoms with E-state index in [0.717, 1.165) is 11.1 Å². The summed E-state index contributed by atoms with van der Waals surface area (Å²) in [5.41, 5.74) is 1.83. The molecule has 104 valence electrons. The molecule has 2 aromatic carbocycles. The number of halogens is 1. The third-order valence-electron chi connectivity index (χ3n) is 3.68. The molecule has 0 aromatic heterocycles. The lowest BCUT2D eigenvalue weighted by atomic mass is 9.93. The highest BCUT2D eigenvalue weighted by molar-refractivity contribution is 5.29. The summed E-state index contributed by atoms with van der Waals surface area (Å²) in [6.45, 7) is 0. The molecule has 1 N–H and O–H groups in total. The second-order valence-electron chi connectivity index (χ2n) is 5.19. The summed E-state index contributed by atoms with van der Waals surface area (Å²) in [6.07, 6.45) is -0.698. The average molecular weight is 272 g/mol. The standard InChI is InChI=1S/C17H17FO2/c18-14-10-16(12-5-2-1-3-6-12)20-17(11-14)13-7-4-8-15(19)9-13/h1-9,14,16-17,19H,10-11H2/t14-,16-,17+/m0/s1. The smallest absolute Gasteiger partial charge is 0.115 e. The molecule has 1 aliphatic heterocycles. The maximum absolute atomic E-state index is 14.0. The van der Waals surface area contributed by atoms with E-state index >= 15 is 0 Å². The average Bonchev–Trinajstić information content (AvgIpc) is 2.47. The first kappa shape index (κ1) is 13.1. The predicted molar refractivity (Wildman–Crippen MR) is 75.2 cm³/mol. The molecule has 3 rings (SSSR count). The molecule has 0 bridgehead atoms. The Morgan fingerprint density at radius 3 is 2.25 bits per heavy atom. The Morgan fingerprint density at radius 2 is 1.55 bits per heavy atom. The molecule has 0 unspecified atom stereocenters. The molecule has 0 spiro atoms. The number of rotatable bonds is 2. The quantitative estimate of drug-likeness (QED) is 0.882. The minimum atomic E-state index is -0.888. The highest BCUT2D eigenvalue weighted by Gasteiger charge is 2.31. The van der Waals surface area contributed by atoms with Gasteiger partial charge in [-0.15, -0.1) is 0 Å². The predicted octanol–water partition coefficient (Wildman–Crippen LogP) is 4.32. The van der Waals surface area contributed by atoms with Crippen LogP contribution in [-0.2, 0) is 4.74 Å². The van der Waals surface area contributed by atoms with Crippen LogP contribution in [0.1, 0.15) is 36.2 Å². The Morgan fingerprint density at radius 1 is 0.900 bits per heavy atom. The zero-order valence-electron chi connectivity index (χ0n) is 11.1. The third kappa shape index (κ3) is 2.83. The van der Waals surface area contributed by atoms with Gasteiger partial charge in [0.15, 0.2) is 0 Å². The zero-order valence-corrected chi connectivity index (χ0v) is 11.1. The van der Waals surface area contributed by atoms with Gasteiger partial charge in [0, 0.05) is 12.8 Å². The van der Waals surface area contributed by atoms with Crippen LogP contribution in [0.25, 0.3) is 0 Å². The van der Waals surface area contributed by atoms with Crippen molar-refractivity contribution >= 4 is 0 Å². The van der Waals surface area contributed by atoms with Crippen LogP contribution >= 0.6 is 0 Å². The summed E-state index contributed by atoms with van der Waals surface area (Å²) in [5, 5.41) is 9.54. The minimum absolute atomic E-state index is 0.184. The number of aromatic hydroxyl groups is 1. The molecule has 0 aliphatic carbocycles. The maximum Gasteiger partial charge on any atom is 0.115 e. The Hall–Kier alpha value is -1.87. The second-order valence-corrected chi connectivity index (χ2v) is 5.19. The lowest BCUT2D eigenvalue weighted by molar-refractivity contribution is -0.0812. The van der Waals surface area contributed by atoms with Crippen molar-refractivity contribution in [2.45, 2.75) is 31.2 Å². The molecule has 1 heterocycles. The van der Waals surface area contributed by atoms with E-state index in [1.54, 1.807) is 18.2 Å². The Bertz CT molecular complexity index is 570. The number of alkyl halides is 1. The first-order valence-corrected chi connectivity index (χ1v) is 6.86. The summed E-state index contributed by atoms with van der Waals surface area (Å²) in [7, 11) is 0. The number of hydrogen-bond donors (Lipinski definition) is 1.